The lowest BCUT2D eigenvalue weighted by atomic mass is 10.1. The minimum Gasteiger partial charge on any atom is -0.598 e. The van der Waals surface area contributed by atoms with Gasteiger partial charge in [0.05, 0.1) is 31.6 Å². The summed E-state index contributed by atoms with van der Waals surface area (Å²) in [5.41, 5.74) is 2.36. The Bertz CT molecular complexity index is 1320. The Morgan fingerprint density at radius 3 is 2.34 bits per heavy atom. The Morgan fingerprint density at radius 2 is 1.71 bits per heavy atom. The zero-order valence-electron chi connectivity index (χ0n) is 21.7. The molecule has 2 heterocycles. The van der Waals surface area contributed by atoms with E-state index in [-0.39, 0.29) is 16.9 Å². The molecule has 38 heavy (non-hydrogen) atoms. The highest BCUT2D eigenvalue weighted by atomic mass is 32.2. The summed E-state index contributed by atoms with van der Waals surface area (Å²) in [5.74, 6) is -0.918. The van der Waals surface area contributed by atoms with Crippen molar-refractivity contribution in [2.75, 3.05) is 43.4 Å². The van der Waals surface area contributed by atoms with Gasteiger partial charge in [-0.05, 0) is 37.5 Å². The Balaban J connectivity index is 1.30. The molecule has 3 aromatic rings. The van der Waals surface area contributed by atoms with Crippen LogP contribution in [0.15, 0.2) is 53.5 Å². The molecule has 0 spiro atoms. The number of halogens is 2. The average Bonchev–Trinajstić information content (AvgIpc) is 3.64. The molecular formula is C28H32F2N4O3S. The van der Waals surface area contributed by atoms with Gasteiger partial charge in [0.1, 0.15) is 23.1 Å². The molecule has 1 saturated carbocycles. The largest absolute Gasteiger partial charge is 0.598 e. The van der Waals surface area contributed by atoms with Gasteiger partial charge in [-0.2, -0.15) is 9.78 Å². The number of nitrogens with zero attached hydrogens (tertiary/aromatic N) is 4. The molecule has 1 aromatic heterocycles. The first kappa shape index (κ1) is 26.6. The van der Waals surface area contributed by atoms with Gasteiger partial charge in [0.15, 0.2) is 0 Å². The van der Waals surface area contributed by atoms with E-state index in [4.69, 9.17) is 4.74 Å². The molecule has 2 fully saturated rings. The molecule has 202 valence electrons. The van der Waals surface area contributed by atoms with Crippen molar-refractivity contribution in [3.8, 4) is 11.4 Å². The van der Waals surface area contributed by atoms with Crippen molar-refractivity contribution in [1.82, 2.24) is 14.1 Å². The van der Waals surface area contributed by atoms with E-state index in [1.165, 1.54) is 17.3 Å². The molecule has 5 rings (SSSR count). The van der Waals surface area contributed by atoms with Crippen LogP contribution in [0.1, 0.15) is 30.9 Å². The summed E-state index contributed by atoms with van der Waals surface area (Å²) < 4.78 is 49.6. The number of aryl methyl sites for hydroxylation is 2. The zero-order chi connectivity index (χ0) is 26.9. The van der Waals surface area contributed by atoms with Crippen LogP contribution < -0.4 is 15.2 Å². The summed E-state index contributed by atoms with van der Waals surface area (Å²) in [6, 6.07) is 11.1. The molecule has 0 N–H and O–H groups in total. The first-order valence-electron chi connectivity index (χ1n) is 12.9. The monoisotopic (exact) mass is 542 g/mol. The molecule has 1 unspecified atom stereocenters. The van der Waals surface area contributed by atoms with Crippen LogP contribution in [0.25, 0.3) is 5.69 Å². The second kappa shape index (κ2) is 11.0. The van der Waals surface area contributed by atoms with E-state index in [1.54, 1.807) is 0 Å². The highest BCUT2D eigenvalue weighted by Gasteiger charge is 2.39. The number of rotatable bonds is 9. The number of hydrogen-bond acceptors (Lipinski definition) is 6. The molecule has 2 aliphatic rings. The molecule has 2 aromatic carbocycles. The Kier molecular flexibility index (Phi) is 7.74. The van der Waals surface area contributed by atoms with Gasteiger partial charge in [-0.3, -0.25) is 4.79 Å². The van der Waals surface area contributed by atoms with Crippen molar-refractivity contribution >= 4 is 17.0 Å². The van der Waals surface area contributed by atoms with Crippen LogP contribution in [0.4, 0.5) is 14.5 Å². The second-order valence-corrected chi connectivity index (χ2v) is 12.0. The number of piperazine rings is 1. The normalized spacial score (nSPS) is 17.9. The van der Waals surface area contributed by atoms with E-state index in [9.17, 15) is 18.1 Å². The van der Waals surface area contributed by atoms with Crippen LogP contribution in [-0.4, -0.2) is 57.2 Å². The average molecular weight is 543 g/mol. The summed E-state index contributed by atoms with van der Waals surface area (Å²) in [7, 11) is 0. The van der Waals surface area contributed by atoms with E-state index in [0.29, 0.717) is 44.2 Å². The molecule has 10 heteroatoms. The fraction of sp³-hybridized carbons (Fsp3) is 0.429. The van der Waals surface area contributed by atoms with Gasteiger partial charge >= 0.3 is 5.56 Å². The van der Waals surface area contributed by atoms with Gasteiger partial charge in [-0.15, -0.1) is 4.31 Å². The SMILES string of the molecule is Cc1ccc(CC[S+]([O-])N2CCN(c3cnn(-c4cc(F)cc(F)c4)c(=O)c3OCC3(C)CC3)CC2)cc1. The Labute approximate surface area is 224 Å². The predicted molar refractivity (Wildman–Crippen MR) is 144 cm³/mol. The summed E-state index contributed by atoms with van der Waals surface area (Å²) >= 11 is -1.11. The first-order chi connectivity index (χ1) is 18.2. The molecule has 0 bridgehead atoms. The lowest BCUT2D eigenvalue weighted by molar-refractivity contribution is 0.242. The fourth-order valence-electron chi connectivity index (χ4n) is 4.46. The minimum absolute atomic E-state index is 0.00433. The molecule has 1 saturated heterocycles. The molecule has 0 radical (unpaired) electrons. The van der Waals surface area contributed by atoms with Crippen LogP contribution >= 0.6 is 0 Å². The smallest absolute Gasteiger partial charge is 0.316 e. The topological polar surface area (TPSA) is 73.7 Å². The number of hydrogen-bond donors (Lipinski definition) is 0. The van der Waals surface area contributed by atoms with Gasteiger partial charge in [0.2, 0.25) is 5.75 Å². The number of aromatic nitrogens is 2. The number of anilines is 1. The highest BCUT2D eigenvalue weighted by Crippen LogP contribution is 2.45. The summed E-state index contributed by atoms with van der Waals surface area (Å²) in [5, 5.41) is 4.23. The van der Waals surface area contributed by atoms with E-state index >= 15 is 0 Å². The maximum absolute atomic E-state index is 13.8. The van der Waals surface area contributed by atoms with Crippen LogP contribution in [0.5, 0.6) is 5.75 Å². The van der Waals surface area contributed by atoms with Crippen LogP contribution in [0, 0.1) is 24.0 Å². The highest BCUT2D eigenvalue weighted by molar-refractivity contribution is 7.89. The lowest BCUT2D eigenvalue weighted by Gasteiger charge is -2.36. The van der Waals surface area contributed by atoms with Gasteiger partial charge < -0.3 is 14.2 Å². The summed E-state index contributed by atoms with van der Waals surface area (Å²) in [4.78, 5) is 15.5. The van der Waals surface area contributed by atoms with E-state index < -0.39 is 28.6 Å². The second-order valence-electron chi connectivity index (χ2n) is 10.5. The quantitative estimate of drug-likeness (QED) is 0.380. The Hall–Kier alpha value is -2.95. The summed E-state index contributed by atoms with van der Waals surface area (Å²) in [6.45, 7) is 6.74. The van der Waals surface area contributed by atoms with Crippen LogP contribution in [0.3, 0.4) is 0 Å². The number of benzene rings is 2. The van der Waals surface area contributed by atoms with Gasteiger partial charge in [-0.1, -0.05) is 36.8 Å². The van der Waals surface area contributed by atoms with E-state index in [2.05, 4.69) is 36.3 Å². The summed E-state index contributed by atoms with van der Waals surface area (Å²) in [6.07, 6.45) is 4.29. The van der Waals surface area contributed by atoms with E-state index in [0.717, 1.165) is 42.1 Å². The standard InChI is InChI=1S/C28H32F2N4O3S/c1-20-3-5-21(6-4-20)7-14-38(36)33-12-10-32(11-13-33)25-18-31-34(24-16-22(29)15-23(30)17-24)27(35)26(25)37-19-28(2)8-9-28/h3-6,15-18H,7-14,19H2,1-2H3. The molecule has 1 atom stereocenters. The molecule has 0 amide bonds. The van der Waals surface area contributed by atoms with Crippen molar-refractivity contribution in [2.45, 2.75) is 33.1 Å². The number of ether oxygens (including phenoxy) is 1. The molecule has 1 aliphatic carbocycles. The van der Waals surface area contributed by atoms with Crippen molar-refractivity contribution in [2.24, 2.45) is 5.41 Å². The fourth-order valence-corrected chi connectivity index (χ4v) is 5.70. The van der Waals surface area contributed by atoms with Crippen molar-refractivity contribution < 1.29 is 18.1 Å². The van der Waals surface area contributed by atoms with E-state index in [1.807, 2.05) is 16.1 Å². The molecule has 1 aliphatic heterocycles. The zero-order valence-corrected chi connectivity index (χ0v) is 22.5. The van der Waals surface area contributed by atoms with Crippen LogP contribution in [0.2, 0.25) is 0 Å². The molecule has 7 nitrogen and oxygen atoms in total. The van der Waals surface area contributed by atoms with Crippen molar-refractivity contribution in [1.29, 1.82) is 0 Å². The van der Waals surface area contributed by atoms with Gasteiger partial charge in [0.25, 0.3) is 0 Å². The Morgan fingerprint density at radius 1 is 1.05 bits per heavy atom. The third-order valence-corrected chi connectivity index (χ3v) is 8.72. The maximum Gasteiger partial charge on any atom is 0.316 e. The third-order valence-electron chi connectivity index (χ3n) is 7.23. The molecular weight excluding hydrogens is 510 g/mol. The predicted octanol–water partition coefficient (Wildman–Crippen LogP) is 4.03. The minimum atomic E-state index is -1.11. The third kappa shape index (κ3) is 6.19. The van der Waals surface area contributed by atoms with Crippen molar-refractivity contribution in [3.63, 3.8) is 0 Å². The lowest BCUT2D eigenvalue weighted by Crippen LogP contribution is -2.50. The van der Waals surface area contributed by atoms with Crippen molar-refractivity contribution in [3.05, 3.63) is 81.8 Å². The first-order valence-corrected chi connectivity index (χ1v) is 14.1. The van der Waals surface area contributed by atoms with Gasteiger partial charge in [-0.25, -0.2) is 8.78 Å². The maximum atomic E-state index is 13.8. The van der Waals surface area contributed by atoms with Crippen LogP contribution in [-0.2, 0) is 17.8 Å². The van der Waals surface area contributed by atoms with Gasteiger partial charge in [0, 0.05) is 42.4 Å².